The smallest absolute Gasteiger partial charge is 0.198 e. The van der Waals surface area contributed by atoms with Crippen molar-refractivity contribution in [3.05, 3.63) is 65.2 Å². The van der Waals surface area contributed by atoms with Crippen LogP contribution in [0.5, 0.6) is 0 Å². The van der Waals surface area contributed by atoms with Crippen LogP contribution in [0.2, 0.25) is 0 Å². The summed E-state index contributed by atoms with van der Waals surface area (Å²) < 4.78 is 24.8. The number of unbranched alkanes of at least 4 members (excludes halogenated alkanes) is 4. The summed E-state index contributed by atoms with van der Waals surface area (Å²) >= 11 is 0.562. The molecule has 31 heavy (non-hydrogen) atoms. The third-order valence-electron chi connectivity index (χ3n) is 6.38. The molecule has 0 N–H and O–H groups in total. The second-order valence-corrected chi connectivity index (χ2v) is 9.76. The molecule has 0 saturated heterocycles. The highest BCUT2D eigenvalue weighted by atomic mass is 32.2. The Kier molecular flexibility index (Phi) is 9.94. The lowest BCUT2D eigenvalue weighted by atomic mass is 9.77. The first kappa shape index (κ1) is 23.9. The number of alkyl halides is 2. The second-order valence-electron chi connectivity index (χ2n) is 8.70. The minimum Gasteiger partial charge on any atom is -0.198 e. The Morgan fingerprint density at radius 3 is 1.97 bits per heavy atom. The predicted octanol–water partition coefficient (Wildman–Crippen LogP) is 9.04. The standard InChI is InChI=1S/C28H34F2S/c1-2-3-4-5-6-7-22-10-16-25(17-11-22)26-18-12-23(13-19-26)8-9-24-14-20-27(21-15-24)31-28(29)30/h12-15,18-22,25,28H,2-7,10-11,16-17H2,1H3/t22-,25-. The van der Waals surface area contributed by atoms with E-state index in [1.165, 1.54) is 69.8 Å². The zero-order valence-corrected chi connectivity index (χ0v) is 19.4. The van der Waals surface area contributed by atoms with E-state index in [0.717, 1.165) is 17.0 Å². The summed E-state index contributed by atoms with van der Waals surface area (Å²) in [6.45, 7) is 2.28. The number of benzene rings is 2. The minimum absolute atomic E-state index is 0.562. The van der Waals surface area contributed by atoms with Crippen molar-refractivity contribution in [2.45, 2.75) is 87.7 Å². The summed E-state index contributed by atoms with van der Waals surface area (Å²) in [5.74, 6) is 5.57. The molecule has 0 nitrogen and oxygen atoms in total. The number of thioether (sulfide) groups is 1. The topological polar surface area (TPSA) is 0 Å². The summed E-state index contributed by atoms with van der Waals surface area (Å²) in [5.41, 5.74) is 3.28. The van der Waals surface area contributed by atoms with E-state index in [9.17, 15) is 8.78 Å². The van der Waals surface area contributed by atoms with Crippen LogP contribution in [0.15, 0.2) is 53.4 Å². The average molecular weight is 441 g/mol. The van der Waals surface area contributed by atoms with Gasteiger partial charge in [-0.3, -0.25) is 0 Å². The average Bonchev–Trinajstić information content (AvgIpc) is 2.79. The molecule has 3 heteroatoms. The Bertz CT molecular complexity index is 822. The molecule has 166 valence electrons. The highest BCUT2D eigenvalue weighted by Crippen LogP contribution is 2.37. The Morgan fingerprint density at radius 2 is 1.39 bits per heavy atom. The van der Waals surface area contributed by atoms with Crippen LogP contribution in [-0.4, -0.2) is 5.76 Å². The summed E-state index contributed by atoms with van der Waals surface area (Å²) in [5, 5.41) is 0. The molecule has 0 bridgehead atoms. The molecule has 3 rings (SSSR count). The lowest BCUT2D eigenvalue weighted by molar-refractivity contribution is 0.252. The van der Waals surface area contributed by atoms with Gasteiger partial charge in [0.1, 0.15) is 0 Å². The van der Waals surface area contributed by atoms with Gasteiger partial charge in [0.15, 0.2) is 0 Å². The van der Waals surface area contributed by atoms with Gasteiger partial charge in [0.2, 0.25) is 0 Å². The van der Waals surface area contributed by atoms with Crippen LogP contribution >= 0.6 is 11.8 Å². The lowest BCUT2D eigenvalue weighted by Crippen LogP contribution is -2.13. The molecule has 1 fully saturated rings. The maximum Gasteiger partial charge on any atom is 0.288 e. The monoisotopic (exact) mass is 440 g/mol. The zero-order valence-electron chi connectivity index (χ0n) is 18.6. The summed E-state index contributed by atoms with van der Waals surface area (Å²) in [6, 6.07) is 15.7. The molecular formula is C28H34F2S. The van der Waals surface area contributed by atoms with E-state index in [1.807, 2.05) is 0 Å². The van der Waals surface area contributed by atoms with Gasteiger partial charge >= 0.3 is 0 Å². The molecule has 1 saturated carbocycles. The highest BCUT2D eigenvalue weighted by molar-refractivity contribution is 7.99. The van der Waals surface area contributed by atoms with Crippen molar-refractivity contribution in [2.75, 3.05) is 0 Å². The van der Waals surface area contributed by atoms with E-state index in [4.69, 9.17) is 0 Å². The first-order valence-corrected chi connectivity index (χ1v) is 12.7. The van der Waals surface area contributed by atoms with E-state index in [1.54, 1.807) is 24.3 Å². The molecule has 2 aromatic carbocycles. The van der Waals surface area contributed by atoms with Gasteiger partial charge in [-0.05, 0) is 79.5 Å². The number of hydrogen-bond acceptors (Lipinski definition) is 1. The van der Waals surface area contributed by atoms with Crippen LogP contribution in [0.1, 0.15) is 93.7 Å². The van der Waals surface area contributed by atoms with Gasteiger partial charge in [-0.25, -0.2) is 0 Å². The van der Waals surface area contributed by atoms with Gasteiger partial charge in [-0.1, -0.05) is 81.2 Å². The van der Waals surface area contributed by atoms with Gasteiger partial charge in [0, 0.05) is 16.0 Å². The Labute approximate surface area is 191 Å². The van der Waals surface area contributed by atoms with Gasteiger partial charge in [-0.15, -0.1) is 0 Å². The quantitative estimate of drug-likeness (QED) is 0.213. The van der Waals surface area contributed by atoms with Crippen LogP contribution in [0, 0.1) is 17.8 Å². The first-order chi connectivity index (χ1) is 15.1. The molecule has 0 spiro atoms. The maximum absolute atomic E-state index is 12.4. The van der Waals surface area contributed by atoms with Crippen molar-refractivity contribution in [1.29, 1.82) is 0 Å². The molecule has 2 aromatic rings. The van der Waals surface area contributed by atoms with Crippen LogP contribution in [0.3, 0.4) is 0 Å². The van der Waals surface area contributed by atoms with Gasteiger partial charge < -0.3 is 0 Å². The molecule has 1 aliphatic carbocycles. The number of rotatable bonds is 9. The summed E-state index contributed by atoms with van der Waals surface area (Å²) in [4.78, 5) is 0.566. The molecule has 0 amide bonds. The predicted molar refractivity (Wildman–Crippen MR) is 129 cm³/mol. The van der Waals surface area contributed by atoms with Crippen molar-refractivity contribution < 1.29 is 8.78 Å². The van der Waals surface area contributed by atoms with Crippen LogP contribution in [0.4, 0.5) is 8.78 Å². The van der Waals surface area contributed by atoms with Gasteiger partial charge in [0.05, 0.1) is 0 Å². The van der Waals surface area contributed by atoms with Crippen molar-refractivity contribution in [3.8, 4) is 11.8 Å². The van der Waals surface area contributed by atoms with Crippen molar-refractivity contribution in [3.63, 3.8) is 0 Å². The Hall–Kier alpha value is -1.79. The third-order valence-corrected chi connectivity index (χ3v) is 7.10. The van der Waals surface area contributed by atoms with E-state index >= 15 is 0 Å². The van der Waals surface area contributed by atoms with Crippen molar-refractivity contribution >= 4 is 11.8 Å². The van der Waals surface area contributed by atoms with E-state index < -0.39 is 5.76 Å². The fraction of sp³-hybridized carbons (Fsp3) is 0.500. The van der Waals surface area contributed by atoms with E-state index in [0.29, 0.717) is 22.6 Å². The molecule has 0 unspecified atom stereocenters. The lowest BCUT2D eigenvalue weighted by Gasteiger charge is -2.29. The van der Waals surface area contributed by atoms with Gasteiger partial charge in [0.25, 0.3) is 5.76 Å². The van der Waals surface area contributed by atoms with E-state index in [2.05, 4.69) is 43.0 Å². The molecule has 1 aliphatic rings. The van der Waals surface area contributed by atoms with Crippen LogP contribution < -0.4 is 0 Å². The minimum atomic E-state index is -2.39. The Balaban J connectivity index is 1.45. The number of halogens is 2. The molecule has 0 aromatic heterocycles. The van der Waals surface area contributed by atoms with Crippen LogP contribution in [-0.2, 0) is 0 Å². The van der Waals surface area contributed by atoms with Crippen LogP contribution in [0.25, 0.3) is 0 Å². The SMILES string of the molecule is CCCCCCC[C@H]1CC[C@H](c2ccc(C#Cc3ccc(SC(F)F)cc3)cc2)CC1. The summed E-state index contributed by atoms with van der Waals surface area (Å²) in [6.07, 6.45) is 13.7. The van der Waals surface area contributed by atoms with Gasteiger partial charge in [-0.2, -0.15) is 8.78 Å². The van der Waals surface area contributed by atoms with E-state index in [-0.39, 0.29) is 0 Å². The first-order valence-electron chi connectivity index (χ1n) is 11.8. The molecular weight excluding hydrogens is 406 g/mol. The second kappa shape index (κ2) is 12.9. The fourth-order valence-corrected chi connectivity index (χ4v) is 5.02. The molecule has 0 heterocycles. The highest BCUT2D eigenvalue weighted by Gasteiger charge is 2.21. The molecule has 0 aliphatic heterocycles. The van der Waals surface area contributed by atoms with Crippen molar-refractivity contribution in [2.24, 2.45) is 5.92 Å². The molecule has 0 radical (unpaired) electrons. The summed E-state index contributed by atoms with van der Waals surface area (Å²) in [7, 11) is 0. The number of hydrogen-bond donors (Lipinski definition) is 0. The zero-order chi connectivity index (χ0) is 21.9. The normalized spacial score (nSPS) is 18.6. The largest absolute Gasteiger partial charge is 0.288 e. The van der Waals surface area contributed by atoms with Crippen molar-refractivity contribution in [1.82, 2.24) is 0 Å². The third kappa shape index (κ3) is 8.34. The maximum atomic E-state index is 12.4. The fourth-order valence-electron chi connectivity index (χ4n) is 4.52. The molecule has 0 atom stereocenters. The Morgan fingerprint density at radius 1 is 0.806 bits per heavy atom.